The molecule has 0 saturated carbocycles. The van der Waals surface area contributed by atoms with E-state index in [0.29, 0.717) is 25.6 Å². The van der Waals surface area contributed by atoms with Crippen LogP contribution < -0.4 is 14.9 Å². The number of allylic oxidation sites excluding steroid dienone is 1. The van der Waals surface area contributed by atoms with Gasteiger partial charge in [0.1, 0.15) is 6.04 Å². The van der Waals surface area contributed by atoms with Gasteiger partial charge in [0.05, 0.1) is 22.4 Å². The van der Waals surface area contributed by atoms with Crippen molar-refractivity contribution in [3.05, 3.63) is 88.2 Å². The number of nitrogens with zero attached hydrogens (tertiary/aromatic N) is 2. The van der Waals surface area contributed by atoms with Gasteiger partial charge in [0, 0.05) is 9.90 Å². The molecule has 0 aliphatic carbocycles. The molecule has 0 saturated heterocycles. The number of fused-ring (bicyclic) bond motifs is 1. The average Bonchev–Trinajstić information content (AvgIpc) is 3.32. The summed E-state index contributed by atoms with van der Waals surface area (Å²) in [4.78, 5) is 32.0. The molecule has 1 aliphatic rings. The van der Waals surface area contributed by atoms with E-state index in [1.807, 2.05) is 35.7 Å². The number of aromatic nitrogens is 1. The van der Waals surface area contributed by atoms with Crippen LogP contribution in [0.5, 0.6) is 0 Å². The zero-order valence-corrected chi connectivity index (χ0v) is 18.1. The largest absolute Gasteiger partial charge is 0.463 e. The highest BCUT2D eigenvalue weighted by molar-refractivity contribution is 7.10. The van der Waals surface area contributed by atoms with Crippen LogP contribution in [0.25, 0.3) is 6.08 Å². The maximum atomic E-state index is 13.3. The molecule has 0 N–H and O–H groups in total. The molecule has 3 heterocycles. The lowest BCUT2D eigenvalue weighted by Crippen LogP contribution is -2.39. The molecule has 29 heavy (non-hydrogen) atoms. The molecule has 1 aliphatic heterocycles. The molecule has 2 aromatic heterocycles. The standard InChI is InChI=1S/C21H17ClN2O3S2/c1-3-27-20(26)17-12(2)23-21-24(18(17)15-5-4-10-28-15)19(25)16(29-21)11-13-6-8-14(22)9-7-13/h4-11,18H,3H2,1-2H3/b16-11-/t18-/m1/s1. The molecule has 148 valence electrons. The van der Waals surface area contributed by atoms with Gasteiger partial charge in [-0.1, -0.05) is 41.1 Å². The maximum absolute atomic E-state index is 13.3. The van der Waals surface area contributed by atoms with E-state index in [9.17, 15) is 9.59 Å². The Balaban J connectivity index is 1.93. The van der Waals surface area contributed by atoms with Crippen molar-refractivity contribution in [2.75, 3.05) is 6.61 Å². The predicted octanol–water partition coefficient (Wildman–Crippen LogP) is 3.51. The van der Waals surface area contributed by atoms with Crippen molar-refractivity contribution in [3.8, 4) is 0 Å². The summed E-state index contributed by atoms with van der Waals surface area (Å²) in [6.07, 6.45) is 1.81. The second-order valence-electron chi connectivity index (χ2n) is 6.37. The van der Waals surface area contributed by atoms with Gasteiger partial charge in [-0.25, -0.2) is 9.79 Å². The van der Waals surface area contributed by atoms with Crippen molar-refractivity contribution in [2.24, 2.45) is 4.99 Å². The lowest BCUT2D eigenvalue weighted by atomic mass is 10.0. The summed E-state index contributed by atoms with van der Waals surface area (Å²) in [6.45, 7) is 3.80. The highest BCUT2D eigenvalue weighted by Gasteiger charge is 2.33. The fourth-order valence-electron chi connectivity index (χ4n) is 3.22. The van der Waals surface area contributed by atoms with Gasteiger partial charge in [-0.2, -0.15) is 0 Å². The first-order valence-corrected chi connectivity index (χ1v) is 11.1. The van der Waals surface area contributed by atoms with Gasteiger partial charge in [0.15, 0.2) is 4.80 Å². The summed E-state index contributed by atoms with van der Waals surface area (Å²) in [5, 5.41) is 2.56. The van der Waals surface area contributed by atoms with Crippen molar-refractivity contribution in [3.63, 3.8) is 0 Å². The Labute approximate surface area is 179 Å². The van der Waals surface area contributed by atoms with Crippen LogP contribution in [0.4, 0.5) is 0 Å². The van der Waals surface area contributed by atoms with Crippen molar-refractivity contribution in [2.45, 2.75) is 19.9 Å². The van der Waals surface area contributed by atoms with E-state index in [0.717, 1.165) is 10.4 Å². The fraction of sp³-hybridized carbons (Fsp3) is 0.190. The minimum atomic E-state index is -0.544. The van der Waals surface area contributed by atoms with Crippen molar-refractivity contribution in [1.29, 1.82) is 0 Å². The lowest BCUT2D eigenvalue weighted by Gasteiger charge is -2.23. The van der Waals surface area contributed by atoms with Gasteiger partial charge in [0.25, 0.3) is 5.56 Å². The number of hydrogen-bond donors (Lipinski definition) is 0. The summed E-state index contributed by atoms with van der Waals surface area (Å²) in [5.74, 6) is -0.445. The van der Waals surface area contributed by atoms with Crippen LogP contribution in [0.2, 0.25) is 5.02 Å². The number of hydrogen-bond acceptors (Lipinski definition) is 6. The molecular weight excluding hydrogens is 428 g/mol. The quantitative estimate of drug-likeness (QED) is 0.578. The van der Waals surface area contributed by atoms with E-state index in [4.69, 9.17) is 16.3 Å². The van der Waals surface area contributed by atoms with Crippen LogP contribution in [0.1, 0.15) is 30.3 Å². The van der Waals surface area contributed by atoms with E-state index >= 15 is 0 Å². The first kappa shape index (κ1) is 19.8. The van der Waals surface area contributed by atoms with Crippen LogP contribution in [0.15, 0.2) is 62.8 Å². The normalized spacial score (nSPS) is 16.5. The third kappa shape index (κ3) is 3.73. The number of benzene rings is 1. The third-order valence-corrected chi connectivity index (χ3v) is 6.66. The molecule has 0 unspecified atom stereocenters. The molecule has 4 rings (SSSR count). The topological polar surface area (TPSA) is 60.7 Å². The zero-order chi connectivity index (χ0) is 20.5. The smallest absolute Gasteiger partial charge is 0.338 e. The summed E-state index contributed by atoms with van der Waals surface area (Å²) in [7, 11) is 0. The first-order valence-electron chi connectivity index (χ1n) is 8.98. The molecule has 1 atom stereocenters. The SMILES string of the molecule is CCOC(=O)C1=C(C)N=c2s/c(=C\c3ccc(Cl)cc3)c(=O)n2[C@@H]1c1cccs1. The first-order chi connectivity index (χ1) is 14.0. The molecule has 5 nitrogen and oxygen atoms in total. The maximum Gasteiger partial charge on any atom is 0.338 e. The van der Waals surface area contributed by atoms with E-state index in [1.165, 1.54) is 22.7 Å². The second-order valence-corrected chi connectivity index (χ2v) is 8.79. The fourth-order valence-corrected chi connectivity index (χ4v) is 5.21. The van der Waals surface area contributed by atoms with E-state index in [-0.39, 0.29) is 12.2 Å². The van der Waals surface area contributed by atoms with Crippen LogP contribution in [0, 0.1) is 0 Å². The number of carbonyl (C=O) groups excluding carboxylic acids is 1. The molecular formula is C21H17ClN2O3S2. The monoisotopic (exact) mass is 444 g/mol. The molecule has 0 radical (unpaired) electrons. The Morgan fingerprint density at radius 2 is 2.07 bits per heavy atom. The zero-order valence-electron chi connectivity index (χ0n) is 15.7. The van der Waals surface area contributed by atoms with Crippen LogP contribution in [0.3, 0.4) is 0 Å². The van der Waals surface area contributed by atoms with Gasteiger partial charge in [-0.05, 0) is 49.1 Å². The van der Waals surface area contributed by atoms with Gasteiger partial charge in [-0.15, -0.1) is 11.3 Å². The number of thiazole rings is 1. The van der Waals surface area contributed by atoms with Gasteiger partial charge in [0.2, 0.25) is 0 Å². The molecule has 0 fully saturated rings. The van der Waals surface area contributed by atoms with Gasteiger partial charge < -0.3 is 4.74 Å². The minimum Gasteiger partial charge on any atom is -0.463 e. The second kappa shape index (κ2) is 8.10. The number of ether oxygens (including phenoxy) is 1. The number of esters is 1. The summed E-state index contributed by atoms with van der Waals surface area (Å²) in [6, 6.07) is 10.5. The Kier molecular flexibility index (Phi) is 5.54. The number of thiophene rings is 1. The Morgan fingerprint density at radius 3 is 2.72 bits per heavy atom. The number of carbonyl (C=O) groups is 1. The molecule has 1 aromatic carbocycles. The van der Waals surface area contributed by atoms with E-state index in [2.05, 4.69) is 4.99 Å². The molecule has 3 aromatic rings. The highest BCUT2D eigenvalue weighted by Crippen LogP contribution is 2.33. The Hall–Kier alpha value is -2.48. The Bertz CT molecular complexity index is 1270. The Morgan fingerprint density at radius 1 is 1.31 bits per heavy atom. The number of rotatable bonds is 4. The summed E-state index contributed by atoms with van der Waals surface area (Å²) in [5.41, 5.74) is 1.66. The van der Waals surface area contributed by atoms with Crippen LogP contribution in [-0.4, -0.2) is 17.1 Å². The van der Waals surface area contributed by atoms with Crippen LogP contribution in [-0.2, 0) is 9.53 Å². The van der Waals surface area contributed by atoms with Crippen molar-refractivity contribution >= 4 is 46.3 Å². The minimum absolute atomic E-state index is 0.184. The molecule has 0 spiro atoms. The summed E-state index contributed by atoms with van der Waals surface area (Å²) >= 11 is 8.75. The van der Waals surface area contributed by atoms with Crippen molar-refractivity contribution in [1.82, 2.24) is 4.57 Å². The van der Waals surface area contributed by atoms with E-state index < -0.39 is 12.0 Å². The molecule has 0 amide bonds. The molecule has 8 heteroatoms. The number of halogens is 1. The third-order valence-electron chi connectivity index (χ3n) is 4.50. The van der Waals surface area contributed by atoms with Crippen LogP contribution >= 0.6 is 34.3 Å². The summed E-state index contributed by atoms with van der Waals surface area (Å²) < 4.78 is 7.41. The highest BCUT2D eigenvalue weighted by atomic mass is 35.5. The van der Waals surface area contributed by atoms with Crippen molar-refractivity contribution < 1.29 is 9.53 Å². The van der Waals surface area contributed by atoms with Gasteiger partial charge >= 0.3 is 5.97 Å². The molecule has 0 bridgehead atoms. The average molecular weight is 445 g/mol. The van der Waals surface area contributed by atoms with E-state index in [1.54, 1.807) is 30.5 Å². The lowest BCUT2D eigenvalue weighted by molar-refractivity contribution is -0.139. The van der Waals surface area contributed by atoms with Gasteiger partial charge in [-0.3, -0.25) is 9.36 Å². The predicted molar refractivity (Wildman–Crippen MR) is 116 cm³/mol.